The second-order valence-electron chi connectivity index (χ2n) is 5.19. The van der Waals surface area contributed by atoms with E-state index in [2.05, 4.69) is 15.4 Å². The van der Waals surface area contributed by atoms with Crippen molar-refractivity contribution in [3.05, 3.63) is 24.0 Å². The molecule has 23 heavy (non-hydrogen) atoms. The van der Waals surface area contributed by atoms with Crippen LogP contribution >= 0.6 is 0 Å². The summed E-state index contributed by atoms with van der Waals surface area (Å²) in [4.78, 5) is 11.7. The molecule has 2 amide bonds. The third-order valence-corrected chi connectivity index (χ3v) is 2.82. The number of urea groups is 1. The average molecular weight is 338 g/mol. The first-order valence-corrected chi connectivity index (χ1v) is 6.80. The van der Waals surface area contributed by atoms with Gasteiger partial charge in [-0.3, -0.25) is 0 Å². The molecule has 0 bridgehead atoms. The molecule has 0 saturated heterocycles. The second-order valence-corrected chi connectivity index (χ2v) is 5.19. The van der Waals surface area contributed by atoms with Crippen LogP contribution < -0.4 is 15.4 Å². The van der Waals surface area contributed by atoms with E-state index in [4.69, 9.17) is 0 Å². The predicted octanol–water partition coefficient (Wildman–Crippen LogP) is 2.91. The number of hydrogen-bond donors (Lipinski definition) is 3. The molecule has 5 nitrogen and oxygen atoms in total. The highest BCUT2D eigenvalue weighted by Crippen LogP contribution is 2.27. The molecule has 0 unspecified atom stereocenters. The Bertz CT molecular complexity index is 535. The van der Waals surface area contributed by atoms with Crippen molar-refractivity contribution < 1.29 is 32.2 Å². The lowest BCUT2D eigenvalue weighted by atomic mass is 10.1. The van der Waals surface area contributed by atoms with Crippen molar-refractivity contribution in [2.45, 2.75) is 26.1 Å². The maximum atomic E-state index is 13.1. The number of aliphatic hydroxyl groups is 1. The quantitative estimate of drug-likeness (QED) is 0.699. The highest BCUT2D eigenvalue weighted by molar-refractivity contribution is 5.90. The van der Waals surface area contributed by atoms with Crippen LogP contribution in [0.3, 0.4) is 0 Å². The van der Waals surface area contributed by atoms with Gasteiger partial charge >= 0.3 is 12.2 Å². The number of rotatable bonds is 6. The number of alkyl halides is 3. The van der Waals surface area contributed by atoms with Crippen LogP contribution in [-0.4, -0.2) is 36.6 Å². The Kier molecular flexibility index (Phi) is 6.62. The number of halogens is 4. The number of hydrogen-bond acceptors (Lipinski definition) is 3. The molecule has 1 aromatic carbocycles. The molecule has 3 N–H and O–H groups in total. The molecule has 0 radical (unpaired) electrons. The molecule has 0 aliphatic rings. The number of benzene rings is 1. The molecule has 0 aliphatic heterocycles. The Morgan fingerprint density at radius 3 is 2.57 bits per heavy atom. The minimum atomic E-state index is -4.59. The van der Waals surface area contributed by atoms with Crippen molar-refractivity contribution in [2.24, 2.45) is 5.92 Å². The summed E-state index contributed by atoms with van der Waals surface area (Å²) >= 11 is 0. The van der Waals surface area contributed by atoms with Gasteiger partial charge in [0.2, 0.25) is 0 Å². The summed E-state index contributed by atoms with van der Waals surface area (Å²) in [6, 6.07) is 2.04. The third-order valence-electron chi connectivity index (χ3n) is 2.82. The number of carbonyl (C=O) groups excluding carboxylic acids is 1. The molecule has 130 valence electrons. The van der Waals surface area contributed by atoms with Crippen LogP contribution in [0.4, 0.5) is 28.0 Å². The minimum Gasteiger partial charge on any atom is -0.482 e. The first kappa shape index (κ1) is 19.0. The van der Waals surface area contributed by atoms with E-state index in [1.165, 1.54) is 0 Å². The monoisotopic (exact) mass is 338 g/mol. The Labute approximate surface area is 130 Å². The number of carbonyl (C=O) groups is 1. The highest BCUT2D eigenvalue weighted by atomic mass is 19.4. The summed E-state index contributed by atoms with van der Waals surface area (Å²) in [5.41, 5.74) is -0.118. The minimum absolute atomic E-state index is 0.0383. The van der Waals surface area contributed by atoms with Gasteiger partial charge in [-0.2, -0.15) is 13.2 Å². The summed E-state index contributed by atoms with van der Waals surface area (Å²) in [5.74, 6) is -1.32. The van der Waals surface area contributed by atoms with Crippen LogP contribution in [0.5, 0.6) is 5.75 Å². The van der Waals surface area contributed by atoms with Gasteiger partial charge < -0.3 is 20.5 Å². The molecule has 0 heterocycles. The van der Waals surface area contributed by atoms with Gasteiger partial charge in [-0.05, 0) is 18.1 Å². The van der Waals surface area contributed by atoms with E-state index >= 15 is 0 Å². The van der Waals surface area contributed by atoms with Crippen molar-refractivity contribution in [1.82, 2.24) is 5.32 Å². The molecule has 0 saturated carbocycles. The second kappa shape index (κ2) is 8.00. The van der Waals surface area contributed by atoms with E-state index < -0.39 is 36.5 Å². The molecule has 1 rings (SSSR count). The number of amides is 2. The van der Waals surface area contributed by atoms with Crippen molar-refractivity contribution in [2.75, 3.05) is 18.5 Å². The fourth-order valence-electron chi connectivity index (χ4n) is 1.48. The van der Waals surface area contributed by atoms with E-state index in [1.807, 2.05) is 0 Å². The molecule has 0 fully saturated rings. The van der Waals surface area contributed by atoms with Gasteiger partial charge in [0.05, 0.1) is 11.8 Å². The zero-order valence-corrected chi connectivity index (χ0v) is 12.6. The predicted molar refractivity (Wildman–Crippen MR) is 75.8 cm³/mol. The number of aliphatic hydroxyl groups excluding tert-OH is 1. The van der Waals surface area contributed by atoms with E-state index in [0.717, 1.165) is 18.2 Å². The molecule has 1 aromatic rings. The van der Waals surface area contributed by atoms with Gasteiger partial charge in [-0.25, -0.2) is 9.18 Å². The van der Waals surface area contributed by atoms with E-state index in [1.54, 1.807) is 13.8 Å². The summed E-state index contributed by atoms with van der Waals surface area (Å²) < 4.78 is 54.1. The van der Waals surface area contributed by atoms with Crippen LogP contribution in [0.1, 0.15) is 13.8 Å². The maximum absolute atomic E-state index is 13.1. The standard InChI is InChI=1S/C14H18F4N2O3/c1-8(2)11(21)6-19-13(22)20-10-4-3-9(15)5-12(10)23-7-14(16,17)18/h3-5,8,11,21H,6-7H2,1-2H3,(H2,19,20,22)/t11-/m0/s1. The van der Waals surface area contributed by atoms with Crippen LogP contribution in [0.15, 0.2) is 18.2 Å². The molecular formula is C14H18F4N2O3. The van der Waals surface area contributed by atoms with Crippen LogP contribution in [0.25, 0.3) is 0 Å². The van der Waals surface area contributed by atoms with Gasteiger partial charge in [0, 0.05) is 12.6 Å². The molecular weight excluding hydrogens is 320 g/mol. The normalized spacial score (nSPS) is 12.9. The maximum Gasteiger partial charge on any atom is 0.422 e. The number of anilines is 1. The van der Waals surface area contributed by atoms with Gasteiger partial charge in [0.15, 0.2) is 6.61 Å². The zero-order valence-electron chi connectivity index (χ0n) is 12.6. The first-order valence-electron chi connectivity index (χ1n) is 6.80. The molecule has 1 atom stereocenters. The summed E-state index contributed by atoms with van der Waals surface area (Å²) in [5, 5.41) is 14.2. The van der Waals surface area contributed by atoms with Crippen molar-refractivity contribution in [3.8, 4) is 5.75 Å². The molecule has 9 heteroatoms. The van der Waals surface area contributed by atoms with Crippen molar-refractivity contribution >= 4 is 11.7 Å². The number of ether oxygens (including phenoxy) is 1. The molecule has 0 aliphatic carbocycles. The lowest BCUT2D eigenvalue weighted by Crippen LogP contribution is -2.37. The van der Waals surface area contributed by atoms with E-state index in [-0.39, 0.29) is 18.2 Å². The fraction of sp³-hybridized carbons (Fsp3) is 0.500. The summed E-state index contributed by atoms with van der Waals surface area (Å²) in [6.45, 7) is 1.86. The Balaban J connectivity index is 2.70. The first-order chi connectivity index (χ1) is 10.6. The lowest BCUT2D eigenvalue weighted by Gasteiger charge is -2.17. The largest absolute Gasteiger partial charge is 0.482 e. The lowest BCUT2D eigenvalue weighted by molar-refractivity contribution is -0.153. The van der Waals surface area contributed by atoms with Gasteiger partial charge in [-0.15, -0.1) is 0 Å². The number of nitrogens with one attached hydrogen (secondary N) is 2. The zero-order chi connectivity index (χ0) is 17.6. The highest BCUT2D eigenvalue weighted by Gasteiger charge is 2.29. The third kappa shape index (κ3) is 7.18. The molecule has 0 aromatic heterocycles. The van der Waals surface area contributed by atoms with Gasteiger partial charge in [0.25, 0.3) is 0 Å². The van der Waals surface area contributed by atoms with Gasteiger partial charge in [0.1, 0.15) is 11.6 Å². The topological polar surface area (TPSA) is 70.6 Å². The van der Waals surface area contributed by atoms with Crippen LogP contribution in [0.2, 0.25) is 0 Å². The van der Waals surface area contributed by atoms with Crippen LogP contribution in [-0.2, 0) is 0 Å². The summed E-state index contributed by atoms with van der Waals surface area (Å²) in [6.07, 6.45) is -5.36. The van der Waals surface area contributed by atoms with E-state index in [0.29, 0.717) is 0 Å². The molecule has 0 spiro atoms. The Hall–Kier alpha value is -2.03. The SMILES string of the molecule is CC(C)[C@@H](O)CNC(=O)Nc1ccc(F)cc1OCC(F)(F)F. The van der Waals surface area contributed by atoms with Crippen molar-refractivity contribution in [1.29, 1.82) is 0 Å². The summed E-state index contributed by atoms with van der Waals surface area (Å²) in [7, 11) is 0. The van der Waals surface area contributed by atoms with Crippen molar-refractivity contribution in [3.63, 3.8) is 0 Å². The Morgan fingerprint density at radius 2 is 2.00 bits per heavy atom. The fourth-order valence-corrected chi connectivity index (χ4v) is 1.48. The van der Waals surface area contributed by atoms with E-state index in [9.17, 15) is 27.5 Å². The average Bonchev–Trinajstić information content (AvgIpc) is 2.44. The smallest absolute Gasteiger partial charge is 0.422 e. The Morgan fingerprint density at radius 1 is 1.35 bits per heavy atom. The van der Waals surface area contributed by atoms with Crippen LogP contribution in [0, 0.1) is 11.7 Å². The van der Waals surface area contributed by atoms with Gasteiger partial charge in [-0.1, -0.05) is 13.8 Å².